The third kappa shape index (κ3) is 6.83. The lowest BCUT2D eigenvalue weighted by molar-refractivity contribution is 0.248. The van der Waals surface area contributed by atoms with E-state index in [9.17, 15) is 4.39 Å². The topological polar surface area (TPSA) is 0 Å². The molecule has 23 heavy (non-hydrogen) atoms. The Balaban J connectivity index is 1.61. The predicted octanol–water partition coefficient (Wildman–Crippen LogP) is 7.58. The molecule has 0 aromatic heterocycles. The average molecular weight is 339 g/mol. The molecule has 0 bridgehead atoms. The summed E-state index contributed by atoms with van der Waals surface area (Å²) in [6, 6.07) is 5.08. The van der Waals surface area contributed by atoms with E-state index in [1.165, 1.54) is 70.3 Å². The lowest BCUT2D eigenvalue weighted by Crippen LogP contribution is -2.15. The summed E-state index contributed by atoms with van der Waals surface area (Å²) in [6.07, 6.45) is 15.9. The van der Waals surface area contributed by atoms with Gasteiger partial charge in [-0.15, -0.1) is 0 Å². The van der Waals surface area contributed by atoms with E-state index in [1.54, 1.807) is 6.07 Å². The quantitative estimate of drug-likeness (QED) is 0.407. The molecule has 1 aliphatic carbocycles. The first-order chi connectivity index (χ1) is 11.2. The van der Waals surface area contributed by atoms with Crippen molar-refractivity contribution in [2.24, 2.45) is 11.8 Å². The first-order valence-electron chi connectivity index (χ1n) is 9.63. The van der Waals surface area contributed by atoms with Crippen LogP contribution in [0, 0.1) is 17.7 Å². The Bertz CT molecular complexity index is 449. The summed E-state index contributed by atoms with van der Waals surface area (Å²) >= 11 is 5.81. The van der Waals surface area contributed by atoms with Gasteiger partial charge in [0.2, 0.25) is 0 Å². The molecule has 1 fully saturated rings. The van der Waals surface area contributed by atoms with Crippen molar-refractivity contribution in [3.05, 3.63) is 34.6 Å². The highest BCUT2D eigenvalue weighted by Crippen LogP contribution is 2.34. The maximum atomic E-state index is 13.8. The number of rotatable bonds is 9. The molecule has 1 aliphatic rings. The monoisotopic (exact) mass is 338 g/mol. The third-order valence-electron chi connectivity index (χ3n) is 5.52. The highest BCUT2D eigenvalue weighted by Gasteiger charge is 2.21. The van der Waals surface area contributed by atoms with Crippen LogP contribution < -0.4 is 0 Å². The van der Waals surface area contributed by atoms with Crippen LogP contribution in [0.15, 0.2) is 18.2 Å². The molecule has 0 saturated heterocycles. The number of aryl methyl sites for hydroxylation is 1. The highest BCUT2D eigenvalue weighted by molar-refractivity contribution is 6.30. The van der Waals surface area contributed by atoms with Crippen LogP contribution in [-0.4, -0.2) is 0 Å². The normalized spacial score (nSPS) is 21.5. The Hall–Kier alpha value is -0.560. The van der Waals surface area contributed by atoms with Crippen LogP contribution in [0.1, 0.15) is 83.1 Å². The maximum Gasteiger partial charge on any atom is 0.127 e. The van der Waals surface area contributed by atoms with Crippen LogP contribution in [0.5, 0.6) is 0 Å². The van der Waals surface area contributed by atoms with Crippen molar-refractivity contribution >= 4 is 11.6 Å². The van der Waals surface area contributed by atoms with Crippen LogP contribution in [0.4, 0.5) is 4.39 Å². The van der Waals surface area contributed by atoms with Crippen LogP contribution in [0.2, 0.25) is 5.02 Å². The van der Waals surface area contributed by atoms with Gasteiger partial charge in [-0.3, -0.25) is 0 Å². The fourth-order valence-corrected chi connectivity index (χ4v) is 4.09. The Morgan fingerprint density at radius 3 is 2.26 bits per heavy atom. The molecule has 2 heteroatoms. The van der Waals surface area contributed by atoms with Crippen LogP contribution in [0.25, 0.3) is 0 Å². The molecule has 0 amide bonds. The Kier molecular flexibility index (Phi) is 8.44. The summed E-state index contributed by atoms with van der Waals surface area (Å²) in [6.45, 7) is 2.27. The molecular formula is C21H32ClF. The van der Waals surface area contributed by atoms with Crippen molar-refractivity contribution < 1.29 is 4.39 Å². The Morgan fingerprint density at radius 1 is 0.957 bits per heavy atom. The summed E-state index contributed by atoms with van der Waals surface area (Å²) in [7, 11) is 0. The minimum absolute atomic E-state index is 0.140. The summed E-state index contributed by atoms with van der Waals surface area (Å²) < 4.78 is 13.8. The van der Waals surface area contributed by atoms with Gasteiger partial charge >= 0.3 is 0 Å². The van der Waals surface area contributed by atoms with E-state index in [0.29, 0.717) is 5.02 Å². The summed E-state index contributed by atoms with van der Waals surface area (Å²) in [5.74, 6) is 1.61. The van der Waals surface area contributed by atoms with E-state index in [-0.39, 0.29) is 5.82 Å². The highest BCUT2D eigenvalue weighted by atomic mass is 35.5. The second-order valence-electron chi connectivity index (χ2n) is 7.36. The van der Waals surface area contributed by atoms with E-state index in [1.807, 2.05) is 6.07 Å². The van der Waals surface area contributed by atoms with Crippen LogP contribution >= 0.6 is 11.6 Å². The molecular weight excluding hydrogens is 307 g/mol. The smallest absolute Gasteiger partial charge is 0.127 e. The van der Waals surface area contributed by atoms with Gasteiger partial charge in [-0.05, 0) is 42.4 Å². The first-order valence-corrected chi connectivity index (χ1v) is 10.0. The Labute approximate surface area is 146 Å². The van der Waals surface area contributed by atoms with Gasteiger partial charge in [0.15, 0.2) is 0 Å². The van der Waals surface area contributed by atoms with Gasteiger partial charge < -0.3 is 0 Å². The number of halogens is 2. The second kappa shape index (κ2) is 10.3. The van der Waals surface area contributed by atoms with Crippen molar-refractivity contribution in [3.63, 3.8) is 0 Å². The molecule has 0 aliphatic heterocycles. The van der Waals surface area contributed by atoms with Gasteiger partial charge in [0.1, 0.15) is 5.82 Å². The molecule has 130 valence electrons. The molecule has 0 heterocycles. The third-order valence-corrected chi connectivity index (χ3v) is 5.75. The van der Waals surface area contributed by atoms with E-state index in [0.717, 1.165) is 30.2 Å². The average Bonchev–Trinajstić information content (AvgIpc) is 2.55. The fourth-order valence-electron chi connectivity index (χ4n) is 3.93. The number of hydrogen-bond donors (Lipinski definition) is 0. The van der Waals surface area contributed by atoms with Crippen molar-refractivity contribution in [2.75, 3.05) is 0 Å². The van der Waals surface area contributed by atoms with E-state index in [4.69, 9.17) is 11.6 Å². The van der Waals surface area contributed by atoms with Gasteiger partial charge in [0, 0.05) is 5.02 Å². The number of benzene rings is 1. The molecule has 0 atom stereocenters. The zero-order valence-corrected chi connectivity index (χ0v) is 15.4. The van der Waals surface area contributed by atoms with Crippen LogP contribution in [0.3, 0.4) is 0 Å². The molecule has 0 N–H and O–H groups in total. The molecule has 0 nitrogen and oxygen atoms in total. The van der Waals surface area contributed by atoms with E-state index in [2.05, 4.69) is 6.92 Å². The standard InChI is InChI=1S/C21H32ClF/c1-2-3-4-5-6-7-17-8-10-18(11-9-17)12-13-19-14-15-20(22)16-21(19)23/h14-18H,2-13H2,1H3/t17-,18-. The summed E-state index contributed by atoms with van der Waals surface area (Å²) in [4.78, 5) is 0. The van der Waals surface area contributed by atoms with Crippen LogP contribution in [-0.2, 0) is 6.42 Å². The summed E-state index contributed by atoms with van der Waals surface area (Å²) in [5, 5.41) is 0.491. The molecule has 1 aromatic rings. The zero-order chi connectivity index (χ0) is 16.5. The molecule has 1 saturated carbocycles. The first kappa shape index (κ1) is 18.8. The van der Waals surface area contributed by atoms with Crippen molar-refractivity contribution in [1.29, 1.82) is 0 Å². The number of unbranched alkanes of at least 4 members (excludes halogenated alkanes) is 4. The van der Waals surface area contributed by atoms with Gasteiger partial charge in [-0.1, -0.05) is 88.8 Å². The largest absolute Gasteiger partial charge is 0.207 e. The van der Waals surface area contributed by atoms with Crippen molar-refractivity contribution in [1.82, 2.24) is 0 Å². The molecule has 0 unspecified atom stereocenters. The minimum Gasteiger partial charge on any atom is -0.207 e. The number of hydrogen-bond acceptors (Lipinski definition) is 0. The van der Waals surface area contributed by atoms with Crippen molar-refractivity contribution in [3.8, 4) is 0 Å². The predicted molar refractivity (Wildman–Crippen MR) is 98.6 cm³/mol. The minimum atomic E-state index is -0.140. The zero-order valence-electron chi connectivity index (χ0n) is 14.6. The van der Waals surface area contributed by atoms with Gasteiger partial charge in [0.25, 0.3) is 0 Å². The fraction of sp³-hybridized carbons (Fsp3) is 0.714. The Morgan fingerprint density at radius 2 is 1.61 bits per heavy atom. The van der Waals surface area contributed by atoms with Gasteiger partial charge in [-0.25, -0.2) is 4.39 Å². The van der Waals surface area contributed by atoms with Crippen molar-refractivity contribution in [2.45, 2.75) is 84.0 Å². The lowest BCUT2D eigenvalue weighted by Gasteiger charge is -2.28. The molecule has 0 spiro atoms. The molecule has 2 rings (SSSR count). The lowest BCUT2D eigenvalue weighted by atomic mass is 9.77. The SMILES string of the molecule is CCCCCCC[C@H]1CC[C@H](CCc2ccc(Cl)cc2F)CC1. The van der Waals surface area contributed by atoms with E-state index < -0.39 is 0 Å². The maximum absolute atomic E-state index is 13.8. The molecule has 0 radical (unpaired) electrons. The van der Waals surface area contributed by atoms with Gasteiger partial charge in [-0.2, -0.15) is 0 Å². The van der Waals surface area contributed by atoms with Gasteiger partial charge in [0.05, 0.1) is 0 Å². The summed E-state index contributed by atoms with van der Waals surface area (Å²) in [5.41, 5.74) is 0.826. The molecule has 1 aromatic carbocycles. The van der Waals surface area contributed by atoms with E-state index >= 15 is 0 Å². The second-order valence-corrected chi connectivity index (χ2v) is 7.80.